The Morgan fingerprint density at radius 1 is 1.06 bits per heavy atom. The summed E-state index contributed by atoms with van der Waals surface area (Å²) in [4.78, 5) is 21.4. The lowest BCUT2D eigenvalue weighted by Crippen LogP contribution is -2.44. The fourth-order valence-corrected chi connectivity index (χ4v) is 5.54. The molecular weight excluding hydrogens is 426 g/mol. The molecule has 0 unspecified atom stereocenters. The van der Waals surface area contributed by atoms with Gasteiger partial charge in [-0.05, 0) is 80.3 Å². The Hall–Kier alpha value is -2.44. The molecule has 182 valence electrons. The monoisotopic (exact) mass is 463 g/mol. The SMILES string of the molecule is CC1(CN2CCC(COc3ccc(-c4ccc(C(=O)N5CC[C@H](O)C5)cc4)cn3)CC2)CCC1. The second-order valence-corrected chi connectivity index (χ2v) is 10.9. The van der Waals surface area contributed by atoms with Gasteiger partial charge in [-0.15, -0.1) is 0 Å². The van der Waals surface area contributed by atoms with Crippen molar-refractivity contribution in [2.24, 2.45) is 11.3 Å². The number of aliphatic hydroxyl groups is 1. The summed E-state index contributed by atoms with van der Waals surface area (Å²) < 4.78 is 6.02. The van der Waals surface area contributed by atoms with Gasteiger partial charge in [-0.1, -0.05) is 25.5 Å². The molecule has 3 heterocycles. The molecule has 0 spiro atoms. The van der Waals surface area contributed by atoms with E-state index < -0.39 is 6.10 Å². The number of carbonyl (C=O) groups excluding carboxylic acids is 1. The van der Waals surface area contributed by atoms with Crippen molar-refractivity contribution in [3.63, 3.8) is 0 Å². The number of benzene rings is 1. The van der Waals surface area contributed by atoms with Crippen LogP contribution in [0.3, 0.4) is 0 Å². The molecule has 34 heavy (non-hydrogen) atoms. The number of carbonyl (C=O) groups is 1. The lowest BCUT2D eigenvalue weighted by atomic mass is 9.70. The van der Waals surface area contributed by atoms with E-state index in [4.69, 9.17) is 4.74 Å². The van der Waals surface area contributed by atoms with E-state index in [2.05, 4.69) is 16.8 Å². The zero-order chi connectivity index (χ0) is 23.5. The minimum Gasteiger partial charge on any atom is -0.477 e. The first-order chi connectivity index (χ1) is 16.5. The van der Waals surface area contributed by atoms with Crippen LogP contribution in [0.4, 0.5) is 0 Å². The Morgan fingerprint density at radius 2 is 1.79 bits per heavy atom. The molecule has 2 saturated heterocycles. The number of hydrogen-bond acceptors (Lipinski definition) is 5. The van der Waals surface area contributed by atoms with Crippen molar-refractivity contribution in [2.75, 3.05) is 39.3 Å². The van der Waals surface area contributed by atoms with Crippen LogP contribution in [0.25, 0.3) is 11.1 Å². The highest BCUT2D eigenvalue weighted by Gasteiger charge is 2.34. The minimum atomic E-state index is -0.400. The molecule has 1 aromatic heterocycles. The molecule has 1 aromatic carbocycles. The highest BCUT2D eigenvalue weighted by atomic mass is 16.5. The second-order valence-electron chi connectivity index (χ2n) is 10.9. The van der Waals surface area contributed by atoms with E-state index in [0.29, 0.717) is 42.3 Å². The van der Waals surface area contributed by atoms with Crippen molar-refractivity contribution in [3.05, 3.63) is 48.2 Å². The summed E-state index contributed by atoms with van der Waals surface area (Å²) in [5.74, 6) is 1.26. The van der Waals surface area contributed by atoms with Crippen LogP contribution < -0.4 is 4.74 Å². The van der Waals surface area contributed by atoms with Crippen LogP contribution in [0.15, 0.2) is 42.6 Å². The Morgan fingerprint density at radius 3 is 2.38 bits per heavy atom. The number of amides is 1. The van der Waals surface area contributed by atoms with Crippen molar-refractivity contribution in [1.82, 2.24) is 14.8 Å². The largest absolute Gasteiger partial charge is 0.477 e. The fraction of sp³-hybridized carbons (Fsp3) is 0.571. The van der Waals surface area contributed by atoms with E-state index in [1.165, 1.54) is 51.7 Å². The van der Waals surface area contributed by atoms with Gasteiger partial charge in [0.1, 0.15) is 0 Å². The second kappa shape index (κ2) is 10.0. The molecule has 0 bridgehead atoms. The van der Waals surface area contributed by atoms with Crippen molar-refractivity contribution < 1.29 is 14.6 Å². The number of pyridine rings is 1. The Kier molecular flexibility index (Phi) is 6.89. The minimum absolute atomic E-state index is 0.0203. The summed E-state index contributed by atoms with van der Waals surface area (Å²) in [5, 5.41) is 9.67. The molecule has 1 saturated carbocycles. The quantitative estimate of drug-likeness (QED) is 0.666. The van der Waals surface area contributed by atoms with Crippen LogP contribution in [-0.2, 0) is 0 Å². The maximum atomic E-state index is 12.6. The molecule has 5 rings (SSSR count). The zero-order valence-electron chi connectivity index (χ0n) is 20.3. The number of hydrogen-bond donors (Lipinski definition) is 1. The van der Waals surface area contributed by atoms with E-state index in [9.17, 15) is 9.90 Å². The maximum Gasteiger partial charge on any atom is 0.253 e. The first-order valence-electron chi connectivity index (χ1n) is 12.9. The van der Waals surface area contributed by atoms with E-state index in [1.54, 1.807) is 4.90 Å². The van der Waals surface area contributed by atoms with Gasteiger partial charge in [0.15, 0.2) is 0 Å². The molecule has 2 aliphatic heterocycles. The van der Waals surface area contributed by atoms with Crippen molar-refractivity contribution in [1.29, 1.82) is 0 Å². The summed E-state index contributed by atoms with van der Waals surface area (Å²) in [5.41, 5.74) is 3.24. The summed E-state index contributed by atoms with van der Waals surface area (Å²) in [6.45, 7) is 7.85. The Bertz CT molecular complexity index is 963. The Balaban J connectivity index is 1.09. The third-order valence-electron chi connectivity index (χ3n) is 7.99. The van der Waals surface area contributed by atoms with E-state index in [0.717, 1.165) is 17.7 Å². The zero-order valence-corrected chi connectivity index (χ0v) is 20.3. The van der Waals surface area contributed by atoms with Crippen LogP contribution in [0, 0.1) is 11.3 Å². The van der Waals surface area contributed by atoms with E-state index in [1.807, 2.05) is 42.6 Å². The molecule has 1 aliphatic carbocycles. The molecule has 3 aliphatic rings. The Labute approximate surface area is 202 Å². The standard InChI is InChI=1S/C28H37N3O3/c1-28(12-2-13-28)20-30-14-9-21(10-15-30)19-34-26-8-7-24(17-29-26)22-3-5-23(6-4-22)27(33)31-16-11-25(32)18-31/h3-8,17,21,25,32H,2,9-16,18-20H2,1H3/t25-/m0/s1. The molecule has 1 atom stereocenters. The topological polar surface area (TPSA) is 65.9 Å². The van der Waals surface area contributed by atoms with Gasteiger partial charge >= 0.3 is 0 Å². The average Bonchev–Trinajstić information content (AvgIpc) is 3.29. The van der Waals surface area contributed by atoms with Crippen molar-refractivity contribution in [3.8, 4) is 17.0 Å². The van der Waals surface area contributed by atoms with Gasteiger partial charge in [0, 0.05) is 43.0 Å². The van der Waals surface area contributed by atoms with Gasteiger partial charge in [-0.3, -0.25) is 4.79 Å². The third-order valence-corrected chi connectivity index (χ3v) is 7.99. The highest BCUT2D eigenvalue weighted by molar-refractivity contribution is 5.94. The first kappa shape index (κ1) is 23.3. The first-order valence-corrected chi connectivity index (χ1v) is 12.9. The summed E-state index contributed by atoms with van der Waals surface area (Å²) >= 11 is 0. The lowest BCUT2D eigenvalue weighted by molar-refractivity contribution is 0.0561. The number of ether oxygens (including phenoxy) is 1. The number of likely N-dealkylation sites (tertiary alicyclic amines) is 2. The van der Waals surface area contributed by atoms with Crippen LogP contribution in [0.1, 0.15) is 55.8 Å². The van der Waals surface area contributed by atoms with Gasteiger partial charge in [-0.2, -0.15) is 0 Å². The molecule has 6 heteroatoms. The molecule has 0 radical (unpaired) electrons. The van der Waals surface area contributed by atoms with Crippen molar-refractivity contribution in [2.45, 2.75) is 51.6 Å². The third kappa shape index (κ3) is 5.44. The summed E-state index contributed by atoms with van der Waals surface area (Å²) in [6.07, 6.45) is 8.69. The molecular formula is C28H37N3O3. The smallest absolute Gasteiger partial charge is 0.253 e. The number of aliphatic hydroxyl groups excluding tert-OH is 1. The number of nitrogens with zero attached hydrogens (tertiary/aromatic N) is 3. The number of aromatic nitrogens is 1. The van der Waals surface area contributed by atoms with Crippen LogP contribution in [0.2, 0.25) is 0 Å². The fourth-order valence-electron chi connectivity index (χ4n) is 5.54. The average molecular weight is 464 g/mol. The predicted octanol–water partition coefficient (Wildman–Crippen LogP) is 4.24. The molecule has 2 aromatic rings. The summed E-state index contributed by atoms with van der Waals surface area (Å²) in [7, 11) is 0. The van der Waals surface area contributed by atoms with E-state index in [-0.39, 0.29) is 5.91 Å². The summed E-state index contributed by atoms with van der Waals surface area (Å²) in [6, 6.07) is 11.6. The molecule has 1 N–H and O–H groups in total. The van der Waals surface area contributed by atoms with Gasteiger partial charge in [0.25, 0.3) is 5.91 Å². The van der Waals surface area contributed by atoms with Gasteiger partial charge in [-0.25, -0.2) is 4.98 Å². The highest BCUT2D eigenvalue weighted by Crippen LogP contribution is 2.41. The molecule has 6 nitrogen and oxygen atoms in total. The molecule has 3 fully saturated rings. The number of piperidine rings is 1. The lowest BCUT2D eigenvalue weighted by Gasteiger charge is -2.44. The van der Waals surface area contributed by atoms with Crippen LogP contribution >= 0.6 is 0 Å². The van der Waals surface area contributed by atoms with Gasteiger partial charge < -0.3 is 19.6 Å². The normalized spacial score (nSPS) is 23.0. The molecule has 1 amide bonds. The van der Waals surface area contributed by atoms with E-state index >= 15 is 0 Å². The van der Waals surface area contributed by atoms with Crippen LogP contribution in [-0.4, -0.2) is 71.2 Å². The van der Waals surface area contributed by atoms with Crippen LogP contribution in [0.5, 0.6) is 5.88 Å². The van der Waals surface area contributed by atoms with Crippen molar-refractivity contribution >= 4 is 5.91 Å². The maximum absolute atomic E-state index is 12.6. The van der Waals surface area contributed by atoms with Gasteiger partial charge in [0.05, 0.1) is 12.7 Å². The predicted molar refractivity (Wildman–Crippen MR) is 133 cm³/mol. The van der Waals surface area contributed by atoms with Gasteiger partial charge in [0.2, 0.25) is 5.88 Å². The number of rotatable bonds is 7. The number of β-amino-alcohol motifs (C(OH)–C–C–N with tert-alkyl or cyclic N) is 1.